The molecule has 2 aliphatic heterocycles. The average molecular weight is 449 g/mol. The average Bonchev–Trinajstić information content (AvgIpc) is 2.82. The number of nitrogens with one attached hydrogen (secondary N) is 2. The SMILES string of the molecule is Cc1cccc(C)c1NC(=O)C(=O)NCC(c1ccc2c(c1)CCCN2C)N1CCCCC1. The Morgan fingerprint density at radius 1 is 0.939 bits per heavy atom. The van der Waals surface area contributed by atoms with Gasteiger partial charge in [-0.1, -0.05) is 36.8 Å². The second kappa shape index (κ2) is 10.4. The zero-order valence-electron chi connectivity index (χ0n) is 20.1. The fraction of sp³-hybridized carbons (Fsp3) is 0.481. The van der Waals surface area contributed by atoms with Crippen LogP contribution in [-0.4, -0.2) is 49.9 Å². The van der Waals surface area contributed by atoms with E-state index in [0.717, 1.165) is 43.6 Å². The molecule has 0 spiro atoms. The van der Waals surface area contributed by atoms with Crippen molar-refractivity contribution in [2.45, 2.75) is 52.0 Å². The molecule has 2 aromatic carbocycles. The van der Waals surface area contributed by atoms with E-state index in [1.165, 1.54) is 36.1 Å². The molecule has 33 heavy (non-hydrogen) atoms. The molecule has 0 bridgehead atoms. The van der Waals surface area contributed by atoms with Gasteiger partial charge in [-0.15, -0.1) is 0 Å². The van der Waals surface area contributed by atoms with Crippen LogP contribution in [0.1, 0.15) is 54.0 Å². The number of carbonyl (C=O) groups is 2. The van der Waals surface area contributed by atoms with Crippen molar-refractivity contribution in [1.82, 2.24) is 10.2 Å². The molecule has 6 heteroatoms. The fourth-order valence-corrected chi connectivity index (χ4v) is 5.15. The minimum Gasteiger partial charge on any atom is -0.374 e. The number of piperidine rings is 1. The number of hydrogen-bond acceptors (Lipinski definition) is 4. The van der Waals surface area contributed by atoms with Gasteiger partial charge in [0.25, 0.3) is 0 Å². The van der Waals surface area contributed by atoms with Gasteiger partial charge in [-0.2, -0.15) is 0 Å². The minimum atomic E-state index is -0.614. The van der Waals surface area contributed by atoms with Gasteiger partial charge in [0, 0.05) is 31.5 Å². The molecule has 2 N–H and O–H groups in total. The van der Waals surface area contributed by atoms with Crippen molar-refractivity contribution in [2.75, 3.05) is 43.4 Å². The summed E-state index contributed by atoms with van der Waals surface area (Å²) in [4.78, 5) is 30.1. The lowest BCUT2D eigenvalue weighted by Crippen LogP contribution is -2.43. The summed E-state index contributed by atoms with van der Waals surface area (Å²) in [5.74, 6) is -1.20. The maximum Gasteiger partial charge on any atom is 0.313 e. The highest BCUT2D eigenvalue weighted by Crippen LogP contribution is 2.31. The first-order valence-corrected chi connectivity index (χ1v) is 12.2. The van der Waals surface area contributed by atoms with Crippen molar-refractivity contribution in [2.24, 2.45) is 0 Å². The minimum absolute atomic E-state index is 0.0692. The molecule has 0 aliphatic carbocycles. The van der Waals surface area contributed by atoms with Crippen LogP contribution in [-0.2, 0) is 16.0 Å². The molecular formula is C27H36N4O2. The lowest BCUT2D eigenvalue weighted by Gasteiger charge is -2.36. The second-order valence-corrected chi connectivity index (χ2v) is 9.46. The van der Waals surface area contributed by atoms with Crippen LogP contribution in [0.25, 0.3) is 0 Å². The van der Waals surface area contributed by atoms with Gasteiger partial charge in [0.1, 0.15) is 0 Å². The molecule has 4 rings (SSSR count). The van der Waals surface area contributed by atoms with E-state index in [2.05, 4.69) is 45.7 Å². The number of nitrogens with zero attached hydrogens (tertiary/aromatic N) is 2. The fourth-order valence-electron chi connectivity index (χ4n) is 5.15. The summed E-state index contributed by atoms with van der Waals surface area (Å²) in [6, 6.07) is 12.6. The maximum absolute atomic E-state index is 12.7. The van der Waals surface area contributed by atoms with Crippen LogP contribution in [0.4, 0.5) is 11.4 Å². The van der Waals surface area contributed by atoms with Gasteiger partial charge >= 0.3 is 11.8 Å². The zero-order chi connectivity index (χ0) is 23.4. The van der Waals surface area contributed by atoms with Crippen LogP contribution in [0.5, 0.6) is 0 Å². The largest absolute Gasteiger partial charge is 0.374 e. The van der Waals surface area contributed by atoms with E-state index in [0.29, 0.717) is 12.2 Å². The first-order valence-electron chi connectivity index (χ1n) is 12.2. The number of likely N-dealkylation sites (tertiary alicyclic amines) is 1. The Labute approximate surface area is 197 Å². The molecule has 0 aromatic heterocycles. The van der Waals surface area contributed by atoms with Crippen molar-refractivity contribution in [3.63, 3.8) is 0 Å². The molecular weight excluding hydrogens is 412 g/mol. The monoisotopic (exact) mass is 448 g/mol. The third-order valence-electron chi connectivity index (χ3n) is 7.05. The zero-order valence-corrected chi connectivity index (χ0v) is 20.1. The standard InChI is InChI=1S/C27H36N4O2/c1-19-9-7-10-20(2)25(19)29-27(33)26(32)28-18-24(31-15-5-4-6-16-31)22-12-13-23-21(17-22)11-8-14-30(23)3/h7,9-10,12-13,17,24H,4-6,8,11,14-16,18H2,1-3H3,(H,28,32)(H,29,33). The Morgan fingerprint density at radius 2 is 1.67 bits per heavy atom. The van der Waals surface area contributed by atoms with Crippen molar-refractivity contribution in [1.29, 1.82) is 0 Å². The highest BCUT2D eigenvalue weighted by molar-refractivity contribution is 6.39. The highest BCUT2D eigenvalue weighted by Gasteiger charge is 2.26. The molecule has 2 amide bonds. The van der Waals surface area contributed by atoms with Crippen molar-refractivity contribution < 1.29 is 9.59 Å². The number of hydrogen-bond donors (Lipinski definition) is 2. The number of carbonyl (C=O) groups excluding carboxylic acids is 2. The number of amides is 2. The van der Waals surface area contributed by atoms with Gasteiger partial charge in [-0.25, -0.2) is 0 Å². The number of aryl methyl sites for hydroxylation is 3. The van der Waals surface area contributed by atoms with Crippen molar-refractivity contribution in [3.8, 4) is 0 Å². The Balaban J connectivity index is 1.48. The number of fused-ring (bicyclic) bond motifs is 1. The van der Waals surface area contributed by atoms with Gasteiger partial charge in [0.15, 0.2) is 0 Å². The molecule has 1 unspecified atom stereocenters. The second-order valence-electron chi connectivity index (χ2n) is 9.46. The van der Waals surface area contributed by atoms with E-state index >= 15 is 0 Å². The Kier molecular flexibility index (Phi) is 7.33. The number of para-hydroxylation sites is 1. The molecule has 2 aromatic rings. The summed E-state index contributed by atoms with van der Waals surface area (Å²) in [5.41, 5.74) is 6.51. The summed E-state index contributed by atoms with van der Waals surface area (Å²) in [6.07, 6.45) is 5.85. The Morgan fingerprint density at radius 3 is 2.39 bits per heavy atom. The molecule has 0 radical (unpaired) electrons. The predicted molar refractivity (Wildman–Crippen MR) is 134 cm³/mol. The predicted octanol–water partition coefficient (Wildman–Crippen LogP) is 3.97. The number of anilines is 2. The van der Waals surface area contributed by atoms with Crippen LogP contribution in [0.3, 0.4) is 0 Å². The van der Waals surface area contributed by atoms with Gasteiger partial charge < -0.3 is 15.5 Å². The van der Waals surface area contributed by atoms with Gasteiger partial charge in [0.2, 0.25) is 0 Å². The smallest absolute Gasteiger partial charge is 0.313 e. The molecule has 2 aliphatic rings. The van der Waals surface area contributed by atoms with E-state index in [9.17, 15) is 9.59 Å². The quantitative estimate of drug-likeness (QED) is 0.680. The van der Waals surface area contributed by atoms with Crippen LogP contribution in [0.15, 0.2) is 36.4 Å². The molecule has 6 nitrogen and oxygen atoms in total. The van der Waals surface area contributed by atoms with Crippen LogP contribution in [0.2, 0.25) is 0 Å². The summed E-state index contributed by atoms with van der Waals surface area (Å²) in [6.45, 7) is 7.42. The summed E-state index contributed by atoms with van der Waals surface area (Å²) >= 11 is 0. The first kappa shape index (κ1) is 23.3. The van der Waals surface area contributed by atoms with E-state index in [1.807, 2.05) is 32.0 Å². The van der Waals surface area contributed by atoms with Gasteiger partial charge in [-0.3, -0.25) is 14.5 Å². The molecule has 176 valence electrons. The third-order valence-corrected chi connectivity index (χ3v) is 7.05. The molecule has 2 heterocycles. The van der Waals surface area contributed by atoms with Crippen LogP contribution >= 0.6 is 0 Å². The van der Waals surface area contributed by atoms with Crippen LogP contribution in [0, 0.1) is 13.8 Å². The summed E-state index contributed by atoms with van der Waals surface area (Å²) < 4.78 is 0. The Bertz CT molecular complexity index is 993. The van der Waals surface area contributed by atoms with E-state index in [-0.39, 0.29) is 6.04 Å². The normalized spacial score (nSPS) is 17.2. The van der Waals surface area contributed by atoms with Crippen LogP contribution < -0.4 is 15.5 Å². The summed E-state index contributed by atoms with van der Waals surface area (Å²) in [7, 11) is 2.15. The van der Waals surface area contributed by atoms with Gasteiger partial charge in [0.05, 0.1) is 6.04 Å². The maximum atomic E-state index is 12.7. The van der Waals surface area contributed by atoms with Crippen molar-refractivity contribution >= 4 is 23.2 Å². The molecule has 1 saturated heterocycles. The number of rotatable bonds is 5. The van der Waals surface area contributed by atoms with E-state index in [4.69, 9.17) is 0 Å². The third kappa shape index (κ3) is 5.38. The molecule has 0 saturated carbocycles. The van der Waals surface area contributed by atoms with Crippen molar-refractivity contribution in [3.05, 3.63) is 58.7 Å². The lowest BCUT2D eigenvalue weighted by molar-refractivity contribution is -0.136. The van der Waals surface area contributed by atoms with E-state index < -0.39 is 11.8 Å². The molecule has 1 fully saturated rings. The highest BCUT2D eigenvalue weighted by atomic mass is 16.2. The topological polar surface area (TPSA) is 64.7 Å². The van der Waals surface area contributed by atoms with Gasteiger partial charge in [-0.05, 0) is 80.9 Å². The summed E-state index contributed by atoms with van der Waals surface area (Å²) in [5, 5.41) is 5.72. The number of benzene rings is 2. The first-order chi connectivity index (χ1) is 15.9. The van der Waals surface area contributed by atoms with E-state index in [1.54, 1.807) is 0 Å². The molecule has 1 atom stereocenters. The Hall–Kier alpha value is -2.86. The lowest BCUT2D eigenvalue weighted by atomic mass is 9.95.